The fourth-order valence-corrected chi connectivity index (χ4v) is 1.38. The summed E-state index contributed by atoms with van der Waals surface area (Å²) in [5, 5.41) is 0.570. The molecule has 0 N–H and O–H groups in total. The first kappa shape index (κ1) is 10.8. The van der Waals surface area contributed by atoms with Gasteiger partial charge in [-0.25, -0.2) is 9.79 Å². The van der Waals surface area contributed by atoms with Gasteiger partial charge in [-0.05, 0) is 24.1 Å². The number of carbonyl (C=O) groups excluding carboxylic acids is 1. The van der Waals surface area contributed by atoms with E-state index in [0.717, 1.165) is 5.56 Å². The van der Waals surface area contributed by atoms with Crippen LogP contribution in [-0.2, 0) is 11.2 Å². The maximum absolute atomic E-state index is 9.82. The van der Waals surface area contributed by atoms with Crippen LogP contribution in [0.25, 0.3) is 0 Å². The van der Waals surface area contributed by atoms with E-state index in [1.165, 1.54) is 6.08 Å². The van der Waals surface area contributed by atoms with Crippen LogP contribution in [-0.4, -0.2) is 19.7 Å². The van der Waals surface area contributed by atoms with Gasteiger partial charge in [0.05, 0.1) is 18.7 Å². The second-order valence-electron chi connectivity index (χ2n) is 2.69. The van der Waals surface area contributed by atoms with Gasteiger partial charge in [0.2, 0.25) is 6.08 Å². The number of isocyanates is 1. The second kappa shape index (κ2) is 5.43. The lowest BCUT2D eigenvalue weighted by molar-refractivity contribution is 0.415. The summed E-state index contributed by atoms with van der Waals surface area (Å²) < 4.78 is 5.01. The molecule has 0 saturated carbocycles. The Kier molecular flexibility index (Phi) is 4.17. The molecule has 0 amide bonds. The molecule has 0 fully saturated rings. The second-order valence-corrected chi connectivity index (χ2v) is 3.10. The van der Waals surface area contributed by atoms with Gasteiger partial charge in [0.15, 0.2) is 0 Å². The van der Waals surface area contributed by atoms with Crippen LogP contribution < -0.4 is 4.74 Å². The molecule has 0 aliphatic heterocycles. The molecule has 14 heavy (non-hydrogen) atoms. The third-order valence-corrected chi connectivity index (χ3v) is 2.09. The van der Waals surface area contributed by atoms with Crippen LogP contribution in [0.2, 0.25) is 5.02 Å². The van der Waals surface area contributed by atoms with Gasteiger partial charge in [-0.15, -0.1) is 0 Å². The first-order valence-electron chi connectivity index (χ1n) is 4.14. The Balaban J connectivity index is 2.70. The van der Waals surface area contributed by atoms with E-state index in [0.29, 0.717) is 23.7 Å². The molecule has 0 saturated heterocycles. The maximum Gasteiger partial charge on any atom is 0.234 e. The zero-order valence-electron chi connectivity index (χ0n) is 7.79. The summed E-state index contributed by atoms with van der Waals surface area (Å²) in [7, 11) is 1.57. The Hall–Kier alpha value is -1.31. The van der Waals surface area contributed by atoms with Crippen molar-refractivity contribution in [3.8, 4) is 5.75 Å². The third-order valence-electron chi connectivity index (χ3n) is 1.79. The molecule has 1 rings (SSSR count). The molecular weight excluding hydrogens is 202 g/mol. The summed E-state index contributed by atoms with van der Waals surface area (Å²) in [4.78, 5) is 13.3. The van der Waals surface area contributed by atoms with Gasteiger partial charge in [0.25, 0.3) is 0 Å². The minimum absolute atomic E-state index is 0.437. The van der Waals surface area contributed by atoms with E-state index >= 15 is 0 Å². The summed E-state index contributed by atoms with van der Waals surface area (Å²) in [6, 6.07) is 5.49. The van der Waals surface area contributed by atoms with E-state index in [1.54, 1.807) is 19.2 Å². The van der Waals surface area contributed by atoms with Gasteiger partial charge in [-0.1, -0.05) is 17.7 Å². The fourth-order valence-electron chi connectivity index (χ4n) is 1.10. The SMILES string of the molecule is COc1ccc(CCN=C=O)cc1Cl. The lowest BCUT2D eigenvalue weighted by atomic mass is 10.1. The Morgan fingerprint density at radius 2 is 2.36 bits per heavy atom. The average Bonchev–Trinajstić information content (AvgIpc) is 2.18. The number of hydrogen-bond donors (Lipinski definition) is 0. The number of aliphatic imine (C=N–C) groups is 1. The highest BCUT2D eigenvalue weighted by molar-refractivity contribution is 6.32. The van der Waals surface area contributed by atoms with Gasteiger partial charge in [-0.3, -0.25) is 0 Å². The average molecular weight is 212 g/mol. The smallest absolute Gasteiger partial charge is 0.234 e. The normalized spacial score (nSPS) is 9.29. The van der Waals surface area contributed by atoms with Crippen molar-refractivity contribution in [1.82, 2.24) is 0 Å². The number of rotatable bonds is 4. The van der Waals surface area contributed by atoms with Gasteiger partial charge in [0.1, 0.15) is 5.75 Å². The van der Waals surface area contributed by atoms with Crippen LogP contribution >= 0.6 is 11.6 Å². The fraction of sp³-hybridized carbons (Fsp3) is 0.300. The number of benzene rings is 1. The molecule has 0 radical (unpaired) electrons. The highest BCUT2D eigenvalue weighted by Gasteiger charge is 2.00. The van der Waals surface area contributed by atoms with E-state index in [1.807, 2.05) is 6.07 Å². The molecule has 1 aromatic rings. The zero-order valence-corrected chi connectivity index (χ0v) is 8.54. The quantitative estimate of drug-likeness (QED) is 0.566. The molecule has 74 valence electrons. The van der Waals surface area contributed by atoms with Crippen molar-refractivity contribution in [1.29, 1.82) is 0 Å². The molecule has 3 nitrogen and oxygen atoms in total. The van der Waals surface area contributed by atoms with Crippen molar-refractivity contribution in [3.05, 3.63) is 28.8 Å². The summed E-state index contributed by atoms with van der Waals surface area (Å²) in [5.74, 6) is 0.648. The Bertz CT molecular complexity index is 359. The lowest BCUT2D eigenvalue weighted by Crippen LogP contribution is -1.91. The van der Waals surface area contributed by atoms with Crippen molar-refractivity contribution in [3.63, 3.8) is 0 Å². The Morgan fingerprint density at radius 3 is 2.93 bits per heavy atom. The van der Waals surface area contributed by atoms with Crippen molar-refractivity contribution >= 4 is 17.7 Å². The van der Waals surface area contributed by atoms with E-state index < -0.39 is 0 Å². The molecule has 0 aliphatic rings. The first-order valence-corrected chi connectivity index (χ1v) is 4.51. The van der Waals surface area contributed by atoms with E-state index in [2.05, 4.69) is 4.99 Å². The van der Waals surface area contributed by atoms with Crippen molar-refractivity contribution < 1.29 is 9.53 Å². The minimum atomic E-state index is 0.437. The molecule has 0 aliphatic carbocycles. The van der Waals surface area contributed by atoms with E-state index in [-0.39, 0.29) is 0 Å². The van der Waals surface area contributed by atoms with Crippen LogP contribution in [0.15, 0.2) is 23.2 Å². The molecule has 0 bridgehead atoms. The Labute approximate surface area is 87.4 Å². The Morgan fingerprint density at radius 1 is 1.57 bits per heavy atom. The number of nitrogens with zero attached hydrogens (tertiary/aromatic N) is 1. The van der Waals surface area contributed by atoms with Gasteiger partial charge >= 0.3 is 0 Å². The van der Waals surface area contributed by atoms with Crippen LogP contribution in [0.3, 0.4) is 0 Å². The maximum atomic E-state index is 9.82. The van der Waals surface area contributed by atoms with Crippen molar-refractivity contribution in [2.75, 3.05) is 13.7 Å². The number of halogens is 1. The van der Waals surface area contributed by atoms with Crippen molar-refractivity contribution in [2.45, 2.75) is 6.42 Å². The highest BCUT2D eigenvalue weighted by atomic mass is 35.5. The van der Waals surface area contributed by atoms with Crippen LogP contribution in [0.5, 0.6) is 5.75 Å². The predicted molar refractivity (Wildman–Crippen MR) is 54.7 cm³/mol. The molecule has 0 aromatic heterocycles. The molecule has 0 heterocycles. The number of hydrogen-bond acceptors (Lipinski definition) is 3. The molecule has 1 aromatic carbocycles. The molecule has 0 spiro atoms. The third kappa shape index (κ3) is 2.87. The van der Waals surface area contributed by atoms with E-state index in [9.17, 15) is 4.79 Å². The van der Waals surface area contributed by atoms with Gasteiger partial charge in [0, 0.05) is 0 Å². The summed E-state index contributed by atoms with van der Waals surface area (Å²) >= 11 is 5.91. The number of methoxy groups -OCH3 is 1. The minimum Gasteiger partial charge on any atom is -0.495 e. The molecule has 0 unspecified atom stereocenters. The van der Waals surface area contributed by atoms with E-state index in [4.69, 9.17) is 16.3 Å². The lowest BCUT2D eigenvalue weighted by Gasteiger charge is -2.04. The van der Waals surface area contributed by atoms with Crippen LogP contribution in [0.4, 0.5) is 0 Å². The summed E-state index contributed by atoms with van der Waals surface area (Å²) in [5.41, 5.74) is 1.02. The molecule has 0 atom stereocenters. The summed E-state index contributed by atoms with van der Waals surface area (Å²) in [6.45, 7) is 0.437. The zero-order chi connectivity index (χ0) is 10.4. The highest BCUT2D eigenvalue weighted by Crippen LogP contribution is 2.24. The van der Waals surface area contributed by atoms with Crippen LogP contribution in [0, 0.1) is 0 Å². The predicted octanol–water partition coefficient (Wildman–Crippen LogP) is 2.23. The standard InChI is InChI=1S/C10H10ClNO2/c1-14-10-3-2-8(6-9(10)11)4-5-12-7-13/h2-3,6H,4-5H2,1H3. The topological polar surface area (TPSA) is 38.7 Å². The molecular formula is C10H10ClNO2. The monoisotopic (exact) mass is 211 g/mol. The van der Waals surface area contributed by atoms with Gasteiger partial charge < -0.3 is 4.74 Å². The first-order chi connectivity index (χ1) is 6.77. The summed E-state index contributed by atoms with van der Waals surface area (Å²) in [6.07, 6.45) is 2.17. The largest absolute Gasteiger partial charge is 0.495 e. The van der Waals surface area contributed by atoms with Gasteiger partial charge in [-0.2, -0.15) is 0 Å². The van der Waals surface area contributed by atoms with Crippen LogP contribution in [0.1, 0.15) is 5.56 Å². The van der Waals surface area contributed by atoms with Crippen molar-refractivity contribution in [2.24, 2.45) is 4.99 Å². The number of ether oxygens (including phenoxy) is 1. The molecule has 4 heteroatoms.